The highest BCUT2D eigenvalue weighted by molar-refractivity contribution is 8.02. The average Bonchev–Trinajstić information content (AvgIpc) is 2.73. The van der Waals surface area contributed by atoms with Crippen molar-refractivity contribution in [1.82, 2.24) is 0 Å². The van der Waals surface area contributed by atoms with Gasteiger partial charge in [-0.1, -0.05) is 30.0 Å². The third kappa shape index (κ3) is 2.11. The van der Waals surface area contributed by atoms with Crippen LogP contribution in [-0.2, 0) is 5.54 Å². The van der Waals surface area contributed by atoms with Crippen LogP contribution in [0.15, 0.2) is 28.5 Å². The SMILES string of the molecule is CSc1[s+]sc2c1-c1ccccc1NC2(C)C.[Br-]. The van der Waals surface area contributed by atoms with Crippen molar-refractivity contribution in [3.05, 3.63) is 29.1 Å². The second kappa shape index (κ2) is 5.12. The van der Waals surface area contributed by atoms with Gasteiger partial charge in [-0.15, -0.1) is 0 Å². The van der Waals surface area contributed by atoms with Crippen molar-refractivity contribution in [1.29, 1.82) is 0 Å². The Kier molecular flexibility index (Phi) is 4.07. The van der Waals surface area contributed by atoms with Gasteiger partial charge in [0.1, 0.15) is 4.88 Å². The molecule has 0 spiro atoms. The fourth-order valence-electron chi connectivity index (χ4n) is 2.24. The van der Waals surface area contributed by atoms with Gasteiger partial charge in [-0.05, 0) is 26.2 Å². The normalized spacial score (nSPS) is 15.1. The summed E-state index contributed by atoms with van der Waals surface area (Å²) >= 11 is 1.86. The maximum atomic E-state index is 3.64. The van der Waals surface area contributed by atoms with Crippen LogP contribution in [0.1, 0.15) is 18.7 Å². The third-order valence-electron chi connectivity index (χ3n) is 3.03. The van der Waals surface area contributed by atoms with Crippen LogP contribution >= 0.6 is 32.4 Å². The van der Waals surface area contributed by atoms with E-state index >= 15 is 0 Å². The van der Waals surface area contributed by atoms with Crippen LogP contribution in [-0.4, -0.2) is 6.26 Å². The number of hydrogen-bond donors (Lipinski definition) is 1. The van der Waals surface area contributed by atoms with E-state index in [4.69, 9.17) is 0 Å². The molecule has 1 aliphatic heterocycles. The number of benzene rings is 1. The summed E-state index contributed by atoms with van der Waals surface area (Å²) in [5.41, 5.74) is 4.10. The van der Waals surface area contributed by atoms with E-state index in [0.717, 1.165) is 0 Å². The van der Waals surface area contributed by atoms with Crippen LogP contribution < -0.4 is 22.3 Å². The molecule has 0 atom stereocenters. The van der Waals surface area contributed by atoms with Gasteiger partial charge in [-0.25, -0.2) is 0 Å². The molecule has 0 radical (unpaired) electrons. The summed E-state index contributed by atoms with van der Waals surface area (Å²) in [4.78, 5) is 1.46. The molecular weight excluding hydrogens is 346 g/mol. The van der Waals surface area contributed by atoms with Crippen LogP contribution in [0.25, 0.3) is 11.1 Å². The molecule has 0 saturated heterocycles. The van der Waals surface area contributed by atoms with Crippen LogP contribution in [0.4, 0.5) is 5.69 Å². The summed E-state index contributed by atoms with van der Waals surface area (Å²) in [6, 6.07) is 8.61. The first kappa shape index (κ1) is 14.3. The first-order valence-electron chi connectivity index (χ1n) is 5.51. The van der Waals surface area contributed by atoms with Gasteiger partial charge in [0.25, 0.3) is 4.21 Å². The standard InChI is InChI=1S/C13H14NS3.BrH/c1-13(2)11-10(12(15-3)17-16-11)8-6-4-5-7-9(8)14-13;/h4-7,14H,1-3H3;1H/q+1;/p-1. The molecule has 1 aromatic heterocycles. The second-order valence-electron chi connectivity index (χ2n) is 4.66. The molecule has 1 aromatic carbocycles. The van der Waals surface area contributed by atoms with Gasteiger partial charge in [-0.2, -0.15) is 0 Å². The van der Waals surface area contributed by atoms with Gasteiger partial charge in [0.15, 0.2) is 10.3 Å². The fourth-order valence-corrected chi connectivity index (χ4v) is 6.59. The maximum Gasteiger partial charge on any atom is 0.308 e. The van der Waals surface area contributed by atoms with E-state index in [9.17, 15) is 0 Å². The summed E-state index contributed by atoms with van der Waals surface area (Å²) in [7, 11) is 3.80. The Balaban J connectivity index is 0.00000120. The zero-order chi connectivity index (χ0) is 12.0. The van der Waals surface area contributed by atoms with Crippen molar-refractivity contribution >= 4 is 38.1 Å². The first-order valence-corrected chi connectivity index (χ1v) is 8.89. The predicted molar refractivity (Wildman–Crippen MR) is 80.5 cm³/mol. The number of thioether (sulfide) groups is 1. The van der Waals surface area contributed by atoms with E-state index in [2.05, 4.69) is 49.7 Å². The Bertz CT molecular complexity index is 577. The molecule has 96 valence electrons. The van der Waals surface area contributed by atoms with E-state index in [0.29, 0.717) is 0 Å². The zero-order valence-corrected chi connectivity index (χ0v) is 14.4. The van der Waals surface area contributed by atoms with Crippen molar-refractivity contribution in [3.63, 3.8) is 0 Å². The number of fused-ring (bicyclic) bond motifs is 3. The van der Waals surface area contributed by atoms with Gasteiger partial charge in [0, 0.05) is 11.3 Å². The maximum absolute atomic E-state index is 3.64. The number of para-hydroxylation sites is 1. The monoisotopic (exact) mass is 359 g/mol. The molecule has 2 aromatic rings. The molecular formula is C13H14BrNS3. The Labute approximate surface area is 130 Å². The summed E-state index contributed by atoms with van der Waals surface area (Å²) in [5, 5.41) is 3.64. The van der Waals surface area contributed by atoms with Crippen molar-refractivity contribution in [2.24, 2.45) is 0 Å². The minimum atomic E-state index is 0. The van der Waals surface area contributed by atoms with E-state index in [-0.39, 0.29) is 22.5 Å². The van der Waals surface area contributed by atoms with Gasteiger partial charge in [0.2, 0.25) is 0 Å². The Hall–Kier alpha value is -0.100. The highest BCUT2D eigenvalue weighted by atomic mass is 79.9. The zero-order valence-electron chi connectivity index (χ0n) is 10.4. The van der Waals surface area contributed by atoms with Gasteiger partial charge in [0.05, 0.1) is 11.1 Å². The molecule has 5 heteroatoms. The fraction of sp³-hybridized carbons (Fsp3) is 0.308. The minimum absolute atomic E-state index is 0. The minimum Gasteiger partial charge on any atom is -1.00 e. The molecule has 0 bridgehead atoms. The molecule has 18 heavy (non-hydrogen) atoms. The van der Waals surface area contributed by atoms with Gasteiger partial charge < -0.3 is 22.3 Å². The molecule has 0 amide bonds. The van der Waals surface area contributed by atoms with E-state index < -0.39 is 0 Å². The summed E-state index contributed by atoms with van der Waals surface area (Å²) in [5.74, 6) is 0. The third-order valence-corrected chi connectivity index (χ3v) is 7.24. The smallest absolute Gasteiger partial charge is 0.308 e. The Morgan fingerprint density at radius 1 is 1.28 bits per heavy atom. The topological polar surface area (TPSA) is 12.0 Å². The molecule has 1 aliphatic rings. The number of halogens is 1. The largest absolute Gasteiger partial charge is 1.00 e. The van der Waals surface area contributed by atoms with Crippen molar-refractivity contribution in [2.75, 3.05) is 11.6 Å². The molecule has 1 nitrogen and oxygen atoms in total. The van der Waals surface area contributed by atoms with Crippen molar-refractivity contribution < 1.29 is 17.0 Å². The molecule has 0 saturated carbocycles. The highest BCUT2D eigenvalue weighted by Gasteiger charge is 2.39. The van der Waals surface area contributed by atoms with Gasteiger partial charge >= 0.3 is 10.3 Å². The first-order chi connectivity index (χ1) is 8.13. The second-order valence-corrected chi connectivity index (χ2v) is 7.88. The predicted octanol–water partition coefficient (Wildman–Crippen LogP) is 2.14. The molecule has 0 unspecified atom stereocenters. The Morgan fingerprint density at radius 2 is 2.00 bits per heavy atom. The lowest BCUT2D eigenvalue weighted by molar-refractivity contribution is -0.00000352. The molecule has 1 N–H and O–H groups in total. The molecule has 2 heterocycles. The van der Waals surface area contributed by atoms with E-state index in [1.807, 2.05) is 32.4 Å². The molecule has 3 rings (SSSR count). The van der Waals surface area contributed by atoms with E-state index in [1.54, 1.807) is 0 Å². The highest BCUT2D eigenvalue weighted by Crippen LogP contribution is 2.52. The summed E-state index contributed by atoms with van der Waals surface area (Å²) in [6.07, 6.45) is 2.16. The lowest BCUT2D eigenvalue weighted by Gasteiger charge is -2.31. The van der Waals surface area contributed by atoms with Crippen LogP contribution in [0, 0.1) is 0 Å². The van der Waals surface area contributed by atoms with Crippen molar-refractivity contribution in [3.8, 4) is 11.1 Å². The lowest BCUT2D eigenvalue weighted by Crippen LogP contribution is -3.00. The van der Waals surface area contributed by atoms with Crippen LogP contribution in [0.3, 0.4) is 0 Å². The molecule has 0 aliphatic carbocycles. The molecule has 0 fully saturated rings. The quantitative estimate of drug-likeness (QED) is 0.475. The lowest BCUT2D eigenvalue weighted by atomic mass is 9.90. The van der Waals surface area contributed by atoms with Gasteiger partial charge in [-0.3, -0.25) is 0 Å². The number of anilines is 1. The summed E-state index contributed by atoms with van der Waals surface area (Å²) < 4.78 is 1.44. The number of hydrogen-bond acceptors (Lipinski definition) is 3. The van der Waals surface area contributed by atoms with Crippen LogP contribution in [0.2, 0.25) is 0 Å². The Morgan fingerprint density at radius 3 is 2.72 bits per heavy atom. The van der Waals surface area contributed by atoms with Crippen LogP contribution in [0.5, 0.6) is 0 Å². The number of nitrogens with one attached hydrogen (secondary N) is 1. The summed E-state index contributed by atoms with van der Waals surface area (Å²) in [6.45, 7) is 4.52. The van der Waals surface area contributed by atoms with E-state index in [1.165, 1.54) is 25.9 Å². The van der Waals surface area contributed by atoms with Crippen molar-refractivity contribution in [2.45, 2.75) is 23.6 Å². The number of rotatable bonds is 1. The average molecular weight is 360 g/mol.